The number of rotatable bonds is 4. The van der Waals surface area contributed by atoms with Crippen LogP contribution in [0.2, 0.25) is 0 Å². The number of ether oxygens (including phenoxy) is 1. The molecule has 0 spiro atoms. The molecule has 100 valence electrons. The fourth-order valence-corrected chi connectivity index (χ4v) is 1.91. The molecule has 2 atom stereocenters. The van der Waals surface area contributed by atoms with E-state index in [0.29, 0.717) is 19.4 Å². The van der Waals surface area contributed by atoms with Crippen molar-refractivity contribution >= 4 is 18.3 Å². The minimum absolute atomic E-state index is 0. The number of carbonyl (C=O) groups excluding carboxylic acids is 1. The Morgan fingerprint density at radius 3 is 3.00 bits per heavy atom. The lowest BCUT2D eigenvalue weighted by Gasteiger charge is -2.12. The molecule has 0 bridgehead atoms. The van der Waals surface area contributed by atoms with Crippen molar-refractivity contribution in [1.82, 2.24) is 5.32 Å². The highest BCUT2D eigenvalue weighted by molar-refractivity contribution is 5.85. The molecule has 1 aliphatic rings. The van der Waals surface area contributed by atoms with Gasteiger partial charge in [-0.05, 0) is 19.4 Å². The van der Waals surface area contributed by atoms with Gasteiger partial charge in [-0.1, -0.05) is 18.2 Å². The molecule has 18 heavy (non-hydrogen) atoms. The molecule has 0 saturated carbocycles. The van der Waals surface area contributed by atoms with Crippen LogP contribution in [0.4, 0.5) is 0 Å². The van der Waals surface area contributed by atoms with E-state index < -0.39 is 0 Å². The Hall–Kier alpha value is -1.26. The molecular weight excluding hydrogens is 252 g/mol. The first-order valence-electron chi connectivity index (χ1n) is 5.93. The largest absolute Gasteiger partial charge is 0.491 e. The summed E-state index contributed by atoms with van der Waals surface area (Å²) in [5.41, 5.74) is 6.68. The number of carbonyl (C=O) groups is 1. The molecule has 0 saturated heterocycles. The zero-order chi connectivity index (χ0) is 12.3. The van der Waals surface area contributed by atoms with Crippen LogP contribution < -0.4 is 15.8 Å². The van der Waals surface area contributed by atoms with Crippen molar-refractivity contribution in [3.8, 4) is 5.75 Å². The van der Waals surface area contributed by atoms with Crippen molar-refractivity contribution in [2.45, 2.75) is 31.8 Å². The Kier molecular flexibility index (Phi) is 5.44. The summed E-state index contributed by atoms with van der Waals surface area (Å²) in [6.07, 6.45) is 1.18. The second kappa shape index (κ2) is 6.61. The molecule has 2 rings (SSSR count). The summed E-state index contributed by atoms with van der Waals surface area (Å²) >= 11 is 0. The second-order valence-electron chi connectivity index (χ2n) is 4.48. The summed E-state index contributed by atoms with van der Waals surface area (Å²) in [6, 6.07) is 7.83. The van der Waals surface area contributed by atoms with E-state index in [9.17, 15) is 4.79 Å². The average molecular weight is 271 g/mol. The van der Waals surface area contributed by atoms with Crippen molar-refractivity contribution in [3.63, 3.8) is 0 Å². The fourth-order valence-electron chi connectivity index (χ4n) is 1.91. The summed E-state index contributed by atoms with van der Waals surface area (Å²) in [5, 5.41) is 2.97. The van der Waals surface area contributed by atoms with Gasteiger partial charge in [0.15, 0.2) is 0 Å². The molecule has 0 fully saturated rings. The topological polar surface area (TPSA) is 64.4 Å². The third-order valence-corrected chi connectivity index (χ3v) is 2.86. The Balaban J connectivity index is 0.00000162. The Morgan fingerprint density at radius 1 is 1.56 bits per heavy atom. The van der Waals surface area contributed by atoms with Gasteiger partial charge in [-0.15, -0.1) is 12.4 Å². The highest BCUT2D eigenvalue weighted by Crippen LogP contribution is 2.31. The van der Waals surface area contributed by atoms with Gasteiger partial charge in [0, 0.05) is 18.0 Å². The number of nitrogens with one attached hydrogen (secondary N) is 1. The molecule has 0 radical (unpaired) electrons. The van der Waals surface area contributed by atoms with Crippen LogP contribution in [0.3, 0.4) is 0 Å². The summed E-state index contributed by atoms with van der Waals surface area (Å²) in [7, 11) is 0. The van der Waals surface area contributed by atoms with Gasteiger partial charge in [-0.25, -0.2) is 0 Å². The molecule has 1 heterocycles. The van der Waals surface area contributed by atoms with Crippen molar-refractivity contribution < 1.29 is 9.53 Å². The first kappa shape index (κ1) is 14.8. The van der Waals surface area contributed by atoms with Crippen LogP contribution in [-0.4, -0.2) is 18.6 Å². The zero-order valence-corrected chi connectivity index (χ0v) is 11.2. The van der Waals surface area contributed by atoms with Gasteiger partial charge in [0.25, 0.3) is 0 Å². The van der Waals surface area contributed by atoms with Crippen molar-refractivity contribution in [2.75, 3.05) is 6.61 Å². The maximum atomic E-state index is 11.7. The smallest absolute Gasteiger partial charge is 0.220 e. The Bertz CT molecular complexity index is 410. The Labute approximate surface area is 113 Å². The van der Waals surface area contributed by atoms with E-state index >= 15 is 0 Å². The number of hydrogen-bond donors (Lipinski definition) is 2. The van der Waals surface area contributed by atoms with Crippen molar-refractivity contribution in [1.29, 1.82) is 0 Å². The monoisotopic (exact) mass is 270 g/mol. The number of halogens is 1. The highest BCUT2D eigenvalue weighted by Gasteiger charge is 2.24. The lowest BCUT2D eigenvalue weighted by Crippen LogP contribution is -2.30. The van der Waals surface area contributed by atoms with E-state index in [-0.39, 0.29) is 30.4 Å². The first-order valence-corrected chi connectivity index (χ1v) is 5.93. The normalized spacial score (nSPS) is 18.2. The molecular formula is C13H19ClN2O2. The molecule has 1 amide bonds. The van der Waals surface area contributed by atoms with E-state index in [2.05, 4.69) is 5.32 Å². The molecule has 4 nitrogen and oxygen atoms in total. The van der Waals surface area contributed by atoms with Crippen LogP contribution in [-0.2, 0) is 4.79 Å². The Morgan fingerprint density at radius 2 is 2.28 bits per heavy atom. The predicted molar refractivity (Wildman–Crippen MR) is 73.0 cm³/mol. The number of fused-ring (bicyclic) bond motifs is 1. The van der Waals surface area contributed by atoms with Crippen LogP contribution in [0.25, 0.3) is 0 Å². The molecule has 1 aliphatic heterocycles. The highest BCUT2D eigenvalue weighted by atomic mass is 35.5. The standard InChI is InChI=1S/C13H18N2O2.ClH/c1-9(14)6-7-13(16)15-11-8-17-12-5-3-2-4-10(11)12;/h2-5,9,11H,6-8,14H2,1H3,(H,15,16);1H. The maximum absolute atomic E-state index is 11.7. The van der Waals surface area contributed by atoms with E-state index in [4.69, 9.17) is 10.5 Å². The van der Waals surface area contributed by atoms with Crippen molar-refractivity contribution in [2.24, 2.45) is 5.73 Å². The summed E-state index contributed by atoms with van der Waals surface area (Å²) in [4.78, 5) is 11.7. The molecule has 3 N–H and O–H groups in total. The van der Waals surface area contributed by atoms with Gasteiger partial charge in [0.05, 0.1) is 6.04 Å². The van der Waals surface area contributed by atoms with Crippen LogP contribution in [0.5, 0.6) is 5.75 Å². The number of benzene rings is 1. The minimum Gasteiger partial charge on any atom is -0.491 e. The third-order valence-electron chi connectivity index (χ3n) is 2.86. The van der Waals surface area contributed by atoms with E-state index in [0.717, 1.165) is 11.3 Å². The summed E-state index contributed by atoms with van der Waals surface area (Å²) < 4.78 is 5.50. The van der Waals surface area contributed by atoms with Crippen molar-refractivity contribution in [3.05, 3.63) is 29.8 Å². The van der Waals surface area contributed by atoms with E-state index in [1.807, 2.05) is 31.2 Å². The molecule has 1 aromatic carbocycles. The van der Waals surface area contributed by atoms with Gasteiger partial charge in [-0.3, -0.25) is 4.79 Å². The van der Waals surface area contributed by atoms with E-state index in [1.165, 1.54) is 0 Å². The van der Waals surface area contributed by atoms with Crippen LogP contribution in [0, 0.1) is 0 Å². The first-order chi connectivity index (χ1) is 8.16. The third kappa shape index (κ3) is 3.62. The average Bonchev–Trinajstić information content (AvgIpc) is 2.70. The van der Waals surface area contributed by atoms with Crippen LogP contribution in [0.15, 0.2) is 24.3 Å². The van der Waals surface area contributed by atoms with Crippen LogP contribution in [0.1, 0.15) is 31.4 Å². The number of para-hydroxylation sites is 1. The van der Waals surface area contributed by atoms with Crippen LogP contribution >= 0.6 is 12.4 Å². The fraction of sp³-hybridized carbons (Fsp3) is 0.462. The number of hydrogen-bond acceptors (Lipinski definition) is 3. The number of nitrogens with two attached hydrogens (primary N) is 1. The molecule has 0 aromatic heterocycles. The van der Waals surface area contributed by atoms with Gasteiger partial charge in [0.1, 0.15) is 12.4 Å². The molecule has 1 aromatic rings. The molecule has 5 heteroatoms. The summed E-state index contributed by atoms with van der Waals surface area (Å²) in [5.74, 6) is 0.901. The quantitative estimate of drug-likeness (QED) is 0.877. The SMILES string of the molecule is CC(N)CCC(=O)NC1COc2ccccc21.Cl. The number of amides is 1. The second-order valence-corrected chi connectivity index (χ2v) is 4.48. The van der Waals surface area contributed by atoms with Gasteiger partial charge >= 0.3 is 0 Å². The van der Waals surface area contributed by atoms with Gasteiger partial charge in [-0.2, -0.15) is 0 Å². The zero-order valence-electron chi connectivity index (χ0n) is 10.4. The molecule has 2 unspecified atom stereocenters. The summed E-state index contributed by atoms with van der Waals surface area (Å²) in [6.45, 7) is 2.42. The maximum Gasteiger partial charge on any atom is 0.220 e. The van der Waals surface area contributed by atoms with Gasteiger partial charge < -0.3 is 15.8 Å². The molecule has 0 aliphatic carbocycles. The van der Waals surface area contributed by atoms with E-state index in [1.54, 1.807) is 0 Å². The van der Waals surface area contributed by atoms with Gasteiger partial charge in [0.2, 0.25) is 5.91 Å². The lowest BCUT2D eigenvalue weighted by molar-refractivity contribution is -0.122. The predicted octanol–water partition coefficient (Wildman–Crippen LogP) is 1.79. The lowest BCUT2D eigenvalue weighted by atomic mass is 10.1. The minimum atomic E-state index is -0.0215.